The van der Waals surface area contributed by atoms with Crippen LogP contribution in [0.4, 0.5) is 11.4 Å². The molecule has 45 heavy (non-hydrogen) atoms. The van der Waals surface area contributed by atoms with Gasteiger partial charge in [0.2, 0.25) is 26.0 Å². The van der Waals surface area contributed by atoms with E-state index in [2.05, 4.69) is 10.0 Å². The Hall–Kier alpha value is -4.06. The van der Waals surface area contributed by atoms with Crippen molar-refractivity contribution in [3.63, 3.8) is 0 Å². The molecule has 0 spiro atoms. The van der Waals surface area contributed by atoms with Crippen LogP contribution >= 0.6 is 11.6 Å². The van der Waals surface area contributed by atoms with Crippen molar-refractivity contribution in [3.8, 4) is 0 Å². The van der Waals surface area contributed by atoms with Crippen molar-refractivity contribution in [2.45, 2.75) is 53.7 Å². The molecule has 0 radical (unpaired) electrons. The highest BCUT2D eigenvalue weighted by Crippen LogP contribution is 2.41. The van der Waals surface area contributed by atoms with Gasteiger partial charge in [-0.15, -0.1) is 0 Å². The summed E-state index contributed by atoms with van der Waals surface area (Å²) in [6, 6.07) is 10.7. The summed E-state index contributed by atoms with van der Waals surface area (Å²) in [6.45, 7) is 1.38. The van der Waals surface area contributed by atoms with Gasteiger partial charge in [0, 0.05) is 5.69 Å². The summed E-state index contributed by atoms with van der Waals surface area (Å²) in [7, 11) is -9.24. The summed E-state index contributed by atoms with van der Waals surface area (Å²) in [5, 5.41) is 27.6. The topological polar surface area (TPSA) is 239 Å². The summed E-state index contributed by atoms with van der Waals surface area (Å²) in [5.41, 5.74) is 6.48. The molecule has 0 bridgehead atoms. The zero-order chi connectivity index (χ0) is 33.3. The first kappa shape index (κ1) is 33.8. The standard InChI is InChI=1S/C28H30ClN5O9S2/c1-15(32-20(27(36)37)12-11-16-7-3-2-4-8-16)26(35)34-21-10-6-5-9-17(21)24(25(34)28(38)39)33-45(42,43)23-14-22(44(31,40)41)18(29)13-19(23)30/h2-10,13-15,20,24-25,32-33H,11-12,30H2,1H3,(H,36,37)(H,38,39)(H2,31,40,41)/t15-,20-,24?,25?/m0/s1. The van der Waals surface area contributed by atoms with Crippen molar-refractivity contribution >= 4 is 60.9 Å². The molecule has 240 valence electrons. The normalized spacial score (nSPS) is 17.8. The van der Waals surface area contributed by atoms with E-state index in [0.29, 0.717) is 12.5 Å². The molecule has 0 saturated heterocycles. The number of nitrogens with one attached hydrogen (secondary N) is 2. The minimum atomic E-state index is -4.76. The number of amides is 1. The van der Waals surface area contributed by atoms with E-state index in [-0.39, 0.29) is 17.7 Å². The number of anilines is 2. The van der Waals surface area contributed by atoms with Crippen LogP contribution in [0.5, 0.6) is 0 Å². The minimum Gasteiger partial charge on any atom is -0.480 e. The van der Waals surface area contributed by atoms with Crippen molar-refractivity contribution in [1.29, 1.82) is 0 Å². The molecule has 8 N–H and O–H groups in total. The van der Waals surface area contributed by atoms with E-state index in [1.165, 1.54) is 31.2 Å². The number of nitrogen functional groups attached to an aromatic ring is 1. The van der Waals surface area contributed by atoms with E-state index in [9.17, 15) is 41.4 Å². The largest absolute Gasteiger partial charge is 0.480 e. The highest BCUT2D eigenvalue weighted by atomic mass is 35.5. The number of hydrogen-bond donors (Lipinski definition) is 6. The number of aryl methyl sites for hydroxylation is 1. The van der Waals surface area contributed by atoms with Gasteiger partial charge in [-0.05, 0) is 49.1 Å². The summed E-state index contributed by atoms with van der Waals surface area (Å²) in [4.78, 5) is 37.9. The number of sulfonamides is 2. The molecule has 0 fully saturated rings. The number of carbonyl (C=O) groups is 3. The average molecular weight is 680 g/mol. The van der Waals surface area contributed by atoms with Gasteiger partial charge in [0.05, 0.1) is 22.8 Å². The van der Waals surface area contributed by atoms with Gasteiger partial charge in [-0.1, -0.05) is 60.1 Å². The predicted octanol–water partition coefficient (Wildman–Crippen LogP) is 1.45. The summed E-state index contributed by atoms with van der Waals surface area (Å²) in [5.74, 6) is -3.62. The molecular weight excluding hydrogens is 650 g/mol. The lowest BCUT2D eigenvalue weighted by molar-refractivity contribution is -0.142. The second kappa shape index (κ2) is 13.1. The van der Waals surface area contributed by atoms with Crippen LogP contribution in [-0.4, -0.2) is 63.0 Å². The van der Waals surface area contributed by atoms with Crippen molar-refractivity contribution in [2.75, 3.05) is 10.6 Å². The third-order valence-electron chi connectivity index (χ3n) is 7.24. The second-order valence-corrected chi connectivity index (χ2v) is 13.9. The van der Waals surface area contributed by atoms with Gasteiger partial charge in [0.25, 0.3) is 0 Å². The summed E-state index contributed by atoms with van der Waals surface area (Å²) >= 11 is 5.91. The Labute approximate surface area is 264 Å². The van der Waals surface area contributed by atoms with Crippen LogP contribution in [-0.2, 0) is 40.9 Å². The second-order valence-electron chi connectivity index (χ2n) is 10.3. The first-order chi connectivity index (χ1) is 21.0. The van der Waals surface area contributed by atoms with Crippen molar-refractivity contribution in [2.24, 2.45) is 5.14 Å². The molecule has 1 aliphatic rings. The lowest BCUT2D eigenvalue weighted by Gasteiger charge is -2.29. The number of para-hydroxylation sites is 1. The molecule has 1 heterocycles. The Morgan fingerprint density at radius 3 is 2.20 bits per heavy atom. The predicted molar refractivity (Wildman–Crippen MR) is 164 cm³/mol. The Balaban J connectivity index is 1.66. The van der Waals surface area contributed by atoms with E-state index < -0.39 is 82.6 Å². The van der Waals surface area contributed by atoms with Gasteiger partial charge in [-0.25, -0.2) is 31.5 Å². The van der Waals surface area contributed by atoms with Crippen LogP contribution in [0.1, 0.15) is 30.5 Å². The molecule has 3 aromatic rings. The van der Waals surface area contributed by atoms with Crippen LogP contribution in [0.15, 0.2) is 76.5 Å². The fourth-order valence-electron chi connectivity index (χ4n) is 5.12. The molecule has 4 atom stereocenters. The fourth-order valence-corrected chi connectivity index (χ4v) is 7.66. The monoisotopic (exact) mass is 679 g/mol. The molecular formula is C28H30ClN5O9S2. The van der Waals surface area contributed by atoms with E-state index in [1.54, 1.807) is 0 Å². The number of rotatable bonds is 12. The number of aliphatic carboxylic acids is 2. The van der Waals surface area contributed by atoms with E-state index in [1.807, 2.05) is 30.3 Å². The SMILES string of the molecule is C[C@H](N[C@@H](CCc1ccccc1)C(=O)O)C(=O)N1c2ccccc2C(NS(=O)(=O)c2cc(S(N)(=O)=O)c(Cl)cc2N)C1C(=O)O. The van der Waals surface area contributed by atoms with Crippen LogP contribution < -0.4 is 25.8 Å². The maximum Gasteiger partial charge on any atom is 0.328 e. The Bertz CT molecular complexity index is 1860. The number of halogens is 1. The first-order valence-electron chi connectivity index (χ1n) is 13.3. The third kappa shape index (κ3) is 7.27. The number of fused-ring (bicyclic) bond motifs is 1. The lowest BCUT2D eigenvalue weighted by Crippen LogP contribution is -2.55. The quantitative estimate of drug-likeness (QED) is 0.150. The van der Waals surface area contributed by atoms with Gasteiger partial charge >= 0.3 is 11.9 Å². The average Bonchev–Trinajstić information content (AvgIpc) is 3.27. The maximum absolute atomic E-state index is 13.8. The molecule has 3 aromatic carbocycles. The zero-order valence-corrected chi connectivity index (χ0v) is 26.0. The first-order valence-corrected chi connectivity index (χ1v) is 16.8. The highest BCUT2D eigenvalue weighted by Gasteiger charge is 2.49. The fraction of sp³-hybridized carbons (Fsp3) is 0.250. The zero-order valence-electron chi connectivity index (χ0n) is 23.6. The number of carbonyl (C=O) groups excluding carboxylic acids is 1. The van der Waals surface area contributed by atoms with Gasteiger partial charge in [-0.3, -0.25) is 19.8 Å². The Morgan fingerprint density at radius 2 is 1.60 bits per heavy atom. The van der Waals surface area contributed by atoms with Crippen LogP contribution in [0.3, 0.4) is 0 Å². The number of primary sulfonamides is 1. The van der Waals surface area contributed by atoms with Crippen molar-refractivity contribution in [1.82, 2.24) is 10.0 Å². The van der Waals surface area contributed by atoms with Gasteiger partial charge in [0.15, 0.2) is 6.04 Å². The summed E-state index contributed by atoms with van der Waals surface area (Å²) < 4.78 is 53.3. The molecule has 0 aromatic heterocycles. The Morgan fingerprint density at radius 1 is 0.978 bits per heavy atom. The van der Waals surface area contributed by atoms with Crippen molar-refractivity contribution < 1.29 is 41.4 Å². The lowest BCUT2D eigenvalue weighted by atomic mass is 10.0. The number of benzene rings is 3. The van der Waals surface area contributed by atoms with Gasteiger partial charge in [-0.2, -0.15) is 0 Å². The number of carboxylic acids is 2. The molecule has 0 saturated carbocycles. The number of nitrogens with two attached hydrogens (primary N) is 2. The van der Waals surface area contributed by atoms with Crippen LogP contribution in [0, 0.1) is 0 Å². The van der Waals surface area contributed by atoms with E-state index in [4.69, 9.17) is 22.5 Å². The smallest absolute Gasteiger partial charge is 0.328 e. The maximum atomic E-state index is 13.8. The molecule has 1 amide bonds. The molecule has 1 aliphatic heterocycles. The summed E-state index contributed by atoms with van der Waals surface area (Å²) in [6.07, 6.45) is 0.516. The molecule has 0 aliphatic carbocycles. The molecule has 4 rings (SSSR count). The van der Waals surface area contributed by atoms with E-state index in [0.717, 1.165) is 16.5 Å². The third-order valence-corrected chi connectivity index (χ3v) is 10.1. The number of hydrogen-bond acceptors (Lipinski definition) is 9. The molecule has 14 nitrogen and oxygen atoms in total. The van der Waals surface area contributed by atoms with Crippen LogP contribution in [0.25, 0.3) is 0 Å². The van der Waals surface area contributed by atoms with E-state index >= 15 is 0 Å². The molecule has 2 unspecified atom stereocenters. The number of nitrogens with zero attached hydrogens (tertiary/aromatic N) is 1. The molecule has 17 heteroatoms. The van der Waals surface area contributed by atoms with Gasteiger partial charge < -0.3 is 15.9 Å². The number of carboxylic acid groups (broad SMARTS) is 2. The van der Waals surface area contributed by atoms with Crippen LogP contribution in [0.2, 0.25) is 5.02 Å². The van der Waals surface area contributed by atoms with Crippen molar-refractivity contribution in [3.05, 3.63) is 82.9 Å². The van der Waals surface area contributed by atoms with Gasteiger partial charge in [0.1, 0.15) is 15.8 Å². The Kier molecular flexibility index (Phi) is 9.86. The minimum absolute atomic E-state index is 0.0710. The highest BCUT2D eigenvalue weighted by molar-refractivity contribution is 7.90.